The number of benzene rings is 3. The highest BCUT2D eigenvalue weighted by molar-refractivity contribution is 5.89. The van der Waals surface area contributed by atoms with Crippen LogP contribution in [0.25, 0.3) is 11.6 Å². The van der Waals surface area contributed by atoms with Gasteiger partial charge in [-0.2, -0.15) is 5.26 Å². The third-order valence-corrected chi connectivity index (χ3v) is 3.98. The Morgan fingerprint density at radius 3 is 2.33 bits per heavy atom. The van der Waals surface area contributed by atoms with Crippen LogP contribution in [0, 0.1) is 11.3 Å². The molecule has 0 saturated heterocycles. The predicted octanol–water partition coefficient (Wildman–Crippen LogP) is 5.03. The first-order chi connectivity index (χ1) is 13.2. The highest BCUT2D eigenvalue weighted by Crippen LogP contribution is 2.20. The number of carboxylic acids is 1. The van der Waals surface area contributed by atoms with Crippen molar-refractivity contribution in [2.75, 3.05) is 0 Å². The van der Waals surface area contributed by atoms with Gasteiger partial charge in [-0.15, -0.1) is 0 Å². The van der Waals surface area contributed by atoms with Gasteiger partial charge in [0.15, 0.2) is 0 Å². The lowest BCUT2D eigenvalue weighted by Gasteiger charge is -2.07. The van der Waals surface area contributed by atoms with E-state index in [1.807, 2.05) is 66.7 Å². The van der Waals surface area contributed by atoms with Gasteiger partial charge in [0.05, 0.1) is 17.2 Å². The van der Waals surface area contributed by atoms with Gasteiger partial charge >= 0.3 is 5.97 Å². The van der Waals surface area contributed by atoms with Crippen LogP contribution >= 0.6 is 0 Å². The van der Waals surface area contributed by atoms with Gasteiger partial charge in [0.25, 0.3) is 0 Å². The molecule has 0 amide bonds. The molecule has 0 fully saturated rings. The number of carbonyl (C=O) groups is 1. The molecule has 0 aromatic heterocycles. The molecule has 0 heterocycles. The summed E-state index contributed by atoms with van der Waals surface area (Å²) < 4.78 is 5.72. The number of ether oxygens (including phenoxy) is 1. The minimum Gasteiger partial charge on any atom is -0.489 e. The maximum Gasteiger partial charge on any atom is 0.335 e. The number of rotatable bonds is 6. The summed E-state index contributed by atoms with van der Waals surface area (Å²) >= 11 is 0. The third-order valence-electron chi connectivity index (χ3n) is 3.98. The van der Waals surface area contributed by atoms with Crippen LogP contribution in [0.1, 0.15) is 27.0 Å². The lowest BCUT2D eigenvalue weighted by atomic mass is 10.0. The summed E-state index contributed by atoms with van der Waals surface area (Å²) in [6, 6.07) is 25.8. The second kappa shape index (κ2) is 8.50. The fraction of sp³-hybridized carbons (Fsp3) is 0.0435. The van der Waals surface area contributed by atoms with E-state index in [-0.39, 0.29) is 12.2 Å². The smallest absolute Gasteiger partial charge is 0.335 e. The number of hydrogen-bond acceptors (Lipinski definition) is 3. The van der Waals surface area contributed by atoms with Crippen LogP contribution in [0.5, 0.6) is 5.75 Å². The molecule has 0 atom stereocenters. The van der Waals surface area contributed by atoms with E-state index in [1.54, 1.807) is 18.2 Å². The maximum absolute atomic E-state index is 11.0. The van der Waals surface area contributed by atoms with Crippen LogP contribution in [0.4, 0.5) is 0 Å². The first-order valence-corrected chi connectivity index (χ1v) is 8.38. The zero-order chi connectivity index (χ0) is 19.1. The highest BCUT2D eigenvalue weighted by Gasteiger charge is 2.04. The molecular weight excluding hydrogens is 338 g/mol. The summed E-state index contributed by atoms with van der Waals surface area (Å²) in [4.78, 5) is 11.0. The van der Waals surface area contributed by atoms with Gasteiger partial charge in [-0.3, -0.25) is 0 Å². The largest absolute Gasteiger partial charge is 0.489 e. The summed E-state index contributed by atoms with van der Waals surface area (Å²) in [7, 11) is 0. The zero-order valence-electron chi connectivity index (χ0n) is 14.5. The van der Waals surface area contributed by atoms with Crippen LogP contribution < -0.4 is 4.74 Å². The van der Waals surface area contributed by atoms with E-state index in [9.17, 15) is 10.1 Å². The van der Waals surface area contributed by atoms with Crippen LogP contribution in [0.2, 0.25) is 0 Å². The van der Waals surface area contributed by atoms with Gasteiger partial charge in [0, 0.05) is 0 Å². The average Bonchev–Trinajstić information content (AvgIpc) is 2.72. The van der Waals surface area contributed by atoms with E-state index in [2.05, 4.69) is 6.07 Å². The molecule has 1 N–H and O–H groups in total. The van der Waals surface area contributed by atoms with Gasteiger partial charge in [-0.05, 0) is 47.0 Å². The Morgan fingerprint density at radius 1 is 0.963 bits per heavy atom. The van der Waals surface area contributed by atoms with E-state index >= 15 is 0 Å². The molecule has 3 aromatic rings. The summed E-state index contributed by atoms with van der Waals surface area (Å²) in [5, 5.41) is 18.4. The third kappa shape index (κ3) is 4.83. The van der Waals surface area contributed by atoms with Crippen molar-refractivity contribution in [3.8, 4) is 11.8 Å². The van der Waals surface area contributed by atoms with Crippen LogP contribution in [-0.2, 0) is 6.61 Å². The van der Waals surface area contributed by atoms with Crippen LogP contribution in [0.3, 0.4) is 0 Å². The molecule has 0 spiro atoms. The Hall–Kier alpha value is -3.84. The van der Waals surface area contributed by atoms with E-state index in [4.69, 9.17) is 9.84 Å². The Bertz CT molecular complexity index is 1000. The minimum atomic E-state index is -0.959. The lowest BCUT2D eigenvalue weighted by Crippen LogP contribution is -2.00. The molecule has 0 aliphatic heterocycles. The molecule has 0 bridgehead atoms. The second-order valence-corrected chi connectivity index (χ2v) is 5.90. The fourth-order valence-electron chi connectivity index (χ4n) is 2.59. The Kier molecular flexibility index (Phi) is 5.66. The molecule has 27 heavy (non-hydrogen) atoms. The second-order valence-electron chi connectivity index (χ2n) is 5.90. The molecule has 3 aromatic carbocycles. The number of nitriles is 1. The van der Waals surface area contributed by atoms with Crippen molar-refractivity contribution in [3.05, 3.63) is 101 Å². The summed E-state index contributed by atoms with van der Waals surface area (Å²) in [5.74, 6) is -0.286. The van der Waals surface area contributed by atoms with Crippen LogP contribution in [0.15, 0.2) is 78.9 Å². The van der Waals surface area contributed by atoms with Gasteiger partial charge in [-0.1, -0.05) is 54.6 Å². The van der Waals surface area contributed by atoms with Crippen molar-refractivity contribution in [1.29, 1.82) is 5.26 Å². The summed E-state index contributed by atoms with van der Waals surface area (Å²) in [5.41, 5.74) is 3.39. The van der Waals surface area contributed by atoms with Crippen molar-refractivity contribution >= 4 is 17.6 Å². The first kappa shape index (κ1) is 18.0. The maximum atomic E-state index is 11.0. The normalized spacial score (nSPS) is 10.9. The molecular formula is C23H17NO3. The summed E-state index contributed by atoms with van der Waals surface area (Å²) in [6.45, 7) is 0.282. The van der Waals surface area contributed by atoms with Gasteiger partial charge < -0.3 is 9.84 Å². The quantitative estimate of drug-likeness (QED) is 0.497. The molecule has 0 saturated carbocycles. The molecule has 3 rings (SSSR count). The van der Waals surface area contributed by atoms with E-state index < -0.39 is 5.97 Å². The Morgan fingerprint density at radius 2 is 1.67 bits per heavy atom. The molecule has 132 valence electrons. The fourth-order valence-corrected chi connectivity index (χ4v) is 2.59. The average molecular weight is 355 g/mol. The standard InChI is InChI=1S/C23H17NO3/c24-15-21(19-6-2-1-3-7-19)13-17-9-11-22(12-10-17)27-16-18-5-4-8-20(14-18)23(25)26/h1-14H,16H2,(H,25,26). The molecule has 0 unspecified atom stereocenters. The molecule has 0 aliphatic rings. The van der Waals surface area contributed by atoms with E-state index in [0.717, 1.165) is 16.7 Å². The molecule has 0 radical (unpaired) electrons. The molecule has 4 heteroatoms. The van der Waals surface area contributed by atoms with Crippen molar-refractivity contribution in [3.63, 3.8) is 0 Å². The Labute approximate surface area is 157 Å². The lowest BCUT2D eigenvalue weighted by molar-refractivity contribution is 0.0696. The first-order valence-electron chi connectivity index (χ1n) is 8.38. The van der Waals surface area contributed by atoms with E-state index in [1.165, 1.54) is 0 Å². The number of aromatic carboxylic acids is 1. The SMILES string of the molecule is N#CC(=Cc1ccc(OCc2cccc(C(=O)O)c2)cc1)c1ccccc1. The van der Waals surface area contributed by atoms with Crippen LogP contribution in [-0.4, -0.2) is 11.1 Å². The molecule has 0 aliphatic carbocycles. The Balaban J connectivity index is 1.69. The zero-order valence-corrected chi connectivity index (χ0v) is 14.5. The van der Waals surface area contributed by atoms with Crippen molar-refractivity contribution in [2.24, 2.45) is 0 Å². The number of hydrogen-bond donors (Lipinski definition) is 1. The molecule has 4 nitrogen and oxygen atoms in total. The van der Waals surface area contributed by atoms with Crippen molar-refractivity contribution < 1.29 is 14.6 Å². The van der Waals surface area contributed by atoms with Gasteiger partial charge in [0.1, 0.15) is 12.4 Å². The highest BCUT2D eigenvalue weighted by atomic mass is 16.5. The number of nitrogens with zero attached hydrogens (tertiary/aromatic N) is 1. The van der Waals surface area contributed by atoms with E-state index in [0.29, 0.717) is 11.3 Å². The predicted molar refractivity (Wildman–Crippen MR) is 104 cm³/mol. The number of carboxylic acid groups (broad SMARTS) is 1. The van der Waals surface area contributed by atoms with Crippen molar-refractivity contribution in [2.45, 2.75) is 6.61 Å². The number of allylic oxidation sites excluding steroid dienone is 1. The van der Waals surface area contributed by atoms with Gasteiger partial charge in [0.2, 0.25) is 0 Å². The van der Waals surface area contributed by atoms with Gasteiger partial charge in [-0.25, -0.2) is 4.79 Å². The monoisotopic (exact) mass is 355 g/mol. The van der Waals surface area contributed by atoms with Crippen molar-refractivity contribution in [1.82, 2.24) is 0 Å². The minimum absolute atomic E-state index is 0.238. The summed E-state index contributed by atoms with van der Waals surface area (Å²) in [6.07, 6.45) is 1.83. The topological polar surface area (TPSA) is 70.3 Å².